The zero-order chi connectivity index (χ0) is 10.5. The van der Waals surface area contributed by atoms with E-state index in [4.69, 9.17) is 35.4 Å². The van der Waals surface area contributed by atoms with Gasteiger partial charge in [0.2, 0.25) is 0 Å². The van der Waals surface area contributed by atoms with Crippen LogP contribution >= 0.6 is 22.2 Å². The molecule has 77 valence electrons. The molecule has 0 saturated carbocycles. The molecule has 0 fully saturated rings. The molecule has 1 radical (unpaired) electrons. The number of rotatable bonds is 5. The summed E-state index contributed by atoms with van der Waals surface area (Å²) in [6.45, 7) is 1.84. The fraction of sp³-hybridized carbons (Fsp3) is 0.667. The molecule has 0 aromatic rings. The summed E-state index contributed by atoms with van der Waals surface area (Å²) < 4.78 is 15.7. The molecule has 0 amide bonds. The van der Waals surface area contributed by atoms with Gasteiger partial charge >= 0.3 is 16.2 Å². The fourth-order valence-corrected chi connectivity index (χ4v) is 7.30. The lowest BCUT2D eigenvalue weighted by Crippen LogP contribution is -2.48. The molecule has 13 heavy (non-hydrogen) atoms. The maximum absolute atomic E-state index is 5.86. The minimum absolute atomic E-state index is 0.758. The van der Waals surface area contributed by atoms with Crippen LogP contribution in [0.4, 0.5) is 0 Å². The van der Waals surface area contributed by atoms with Crippen LogP contribution in [0.1, 0.15) is 6.92 Å². The van der Waals surface area contributed by atoms with Gasteiger partial charge in [-0.3, -0.25) is 0 Å². The smallest absolute Gasteiger partial charge is 0.374 e. The fourth-order valence-electron chi connectivity index (χ4n) is 0.981. The van der Waals surface area contributed by atoms with Gasteiger partial charge in [0, 0.05) is 26.1 Å². The van der Waals surface area contributed by atoms with Crippen molar-refractivity contribution in [3.05, 3.63) is 10.9 Å². The Bertz CT molecular complexity index is 174. The van der Waals surface area contributed by atoms with Crippen LogP contribution < -0.4 is 0 Å². The number of hydrogen-bond donors (Lipinski definition) is 0. The Labute approximate surface area is 91.0 Å². The molecule has 7 heteroatoms. The maximum atomic E-state index is 5.86. The lowest BCUT2D eigenvalue weighted by atomic mass is 10.8. The van der Waals surface area contributed by atoms with Crippen LogP contribution in [0.5, 0.6) is 0 Å². The van der Waals surface area contributed by atoms with Crippen molar-refractivity contribution in [1.29, 1.82) is 0 Å². The van der Waals surface area contributed by atoms with Gasteiger partial charge in [-0.15, -0.1) is 22.2 Å². The molecule has 0 rings (SSSR count). The minimum atomic E-state index is -2.77. The molecule has 0 unspecified atom stereocenters. The Morgan fingerprint density at radius 3 is 1.62 bits per heavy atom. The van der Waals surface area contributed by atoms with Gasteiger partial charge in [-0.2, -0.15) is 0 Å². The molecule has 0 aromatic heterocycles. The monoisotopic (exact) mass is 259 g/mol. The van der Waals surface area contributed by atoms with E-state index in [2.05, 4.69) is 0 Å². The van der Waals surface area contributed by atoms with Gasteiger partial charge in [0.25, 0.3) is 0 Å². The Morgan fingerprint density at radius 2 is 1.54 bits per heavy atom. The van der Waals surface area contributed by atoms with Crippen molar-refractivity contribution in [1.82, 2.24) is 0 Å². The van der Waals surface area contributed by atoms with Crippen LogP contribution in [0, 0.1) is 0 Å². The molecular weight excluding hydrogens is 247 g/mol. The van der Waals surface area contributed by atoms with E-state index in [1.165, 1.54) is 21.3 Å². The number of halogens is 2. The highest BCUT2D eigenvalue weighted by Gasteiger charge is 2.46. The molecule has 0 aliphatic heterocycles. The van der Waals surface area contributed by atoms with Crippen molar-refractivity contribution in [2.75, 3.05) is 21.3 Å². The van der Waals surface area contributed by atoms with Gasteiger partial charge in [-0.25, -0.2) is 0 Å². The third-order valence-corrected chi connectivity index (χ3v) is 8.73. The molecule has 0 atom stereocenters. The van der Waals surface area contributed by atoms with Gasteiger partial charge in [0.05, 0.1) is 0 Å². The predicted molar refractivity (Wildman–Crippen MR) is 58.0 cm³/mol. The molecule has 0 aliphatic rings. The zero-order valence-corrected chi connectivity index (χ0v) is 11.6. The van der Waals surface area contributed by atoms with Crippen LogP contribution in [-0.2, 0) is 13.3 Å². The van der Waals surface area contributed by atoms with Crippen molar-refractivity contribution in [2.45, 2.75) is 6.92 Å². The SMILES string of the molecule is CC=C([Si](Cl)Cl)[Si](OC)(OC)OC. The van der Waals surface area contributed by atoms with E-state index in [1.807, 2.05) is 6.92 Å². The van der Waals surface area contributed by atoms with Crippen molar-refractivity contribution < 1.29 is 13.3 Å². The molecule has 0 N–H and O–H groups in total. The number of allylic oxidation sites excluding steroid dienone is 1. The Hall–Kier alpha value is 0.634. The second-order valence-corrected chi connectivity index (χ2v) is 9.41. The summed E-state index contributed by atoms with van der Waals surface area (Å²) in [5.41, 5.74) is 0. The second-order valence-electron chi connectivity index (χ2n) is 2.13. The first-order chi connectivity index (χ1) is 6.07. The Kier molecular flexibility index (Phi) is 6.48. The van der Waals surface area contributed by atoms with E-state index in [-0.39, 0.29) is 0 Å². The summed E-state index contributed by atoms with van der Waals surface area (Å²) in [6.07, 6.45) is 1.80. The molecule has 0 heterocycles. The highest BCUT2D eigenvalue weighted by Crippen LogP contribution is 2.23. The molecule has 0 bridgehead atoms. The molecule has 0 saturated heterocycles. The van der Waals surface area contributed by atoms with E-state index in [1.54, 1.807) is 6.08 Å². The second kappa shape index (κ2) is 6.18. The van der Waals surface area contributed by atoms with Crippen LogP contribution in [0.3, 0.4) is 0 Å². The lowest BCUT2D eigenvalue weighted by molar-refractivity contribution is 0.137. The molecule has 0 aliphatic carbocycles. The summed E-state index contributed by atoms with van der Waals surface area (Å²) in [6, 6.07) is 0. The van der Waals surface area contributed by atoms with Gasteiger partial charge in [0.15, 0.2) is 0 Å². The third kappa shape index (κ3) is 3.05. The Balaban J connectivity index is 4.90. The number of hydrogen-bond acceptors (Lipinski definition) is 3. The topological polar surface area (TPSA) is 27.7 Å². The highest BCUT2D eigenvalue weighted by atomic mass is 35.7. The summed E-state index contributed by atoms with van der Waals surface area (Å²) in [5, 5.41) is 0. The van der Waals surface area contributed by atoms with E-state index < -0.39 is 16.2 Å². The summed E-state index contributed by atoms with van der Waals surface area (Å²) >= 11 is 11.7. The standard InChI is InChI=1S/C6H13Cl2O3Si2/c1-5-6(12(7)8)13(9-2,10-3)11-4/h5H,1-4H3. The summed E-state index contributed by atoms with van der Waals surface area (Å²) in [4.78, 5) is 0.758. The molecule has 3 nitrogen and oxygen atoms in total. The largest absolute Gasteiger partial charge is 0.530 e. The van der Waals surface area contributed by atoms with Crippen LogP contribution in [0.2, 0.25) is 0 Å². The molecular formula is C6H13Cl2O3Si2. The van der Waals surface area contributed by atoms with Crippen molar-refractivity contribution in [3.8, 4) is 0 Å². The summed E-state index contributed by atoms with van der Waals surface area (Å²) in [7, 11) is 0.196. The lowest BCUT2D eigenvalue weighted by Gasteiger charge is -2.26. The zero-order valence-electron chi connectivity index (χ0n) is 8.06. The average Bonchev–Trinajstić information content (AvgIpc) is 2.13. The molecule has 0 aromatic carbocycles. The van der Waals surface area contributed by atoms with Gasteiger partial charge in [0.1, 0.15) is 0 Å². The van der Waals surface area contributed by atoms with E-state index >= 15 is 0 Å². The first kappa shape index (κ1) is 13.6. The van der Waals surface area contributed by atoms with Gasteiger partial charge in [-0.05, 0) is 6.92 Å². The minimum Gasteiger partial charge on any atom is -0.374 e. The van der Waals surface area contributed by atoms with E-state index in [0.717, 1.165) is 4.82 Å². The van der Waals surface area contributed by atoms with E-state index in [0.29, 0.717) is 0 Å². The Morgan fingerprint density at radius 1 is 1.15 bits per heavy atom. The van der Waals surface area contributed by atoms with Crippen LogP contribution in [0.15, 0.2) is 10.9 Å². The van der Waals surface area contributed by atoms with Crippen molar-refractivity contribution >= 4 is 38.4 Å². The highest BCUT2D eigenvalue weighted by molar-refractivity contribution is 7.40. The summed E-state index contributed by atoms with van der Waals surface area (Å²) in [5.74, 6) is 0. The normalized spacial score (nSPS) is 13.9. The van der Waals surface area contributed by atoms with Crippen molar-refractivity contribution in [3.63, 3.8) is 0 Å². The third-order valence-electron chi connectivity index (χ3n) is 1.63. The predicted octanol–water partition coefficient (Wildman–Crippen LogP) is 1.85. The van der Waals surface area contributed by atoms with E-state index in [9.17, 15) is 0 Å². The van der Waals surface area contributed by atoms with Crippen LogP contribution in [-0.4, -0.2) is 37.6 Å². The van der Waals surface area contributed by atoms with Gasteiger partial charge in [-0.1, -0.05) is 6.08 Å². The molecule has 0 spiro atoms. The van der Waals surface area contributed by atoms with Gasteiger partial charge < -0.3 is 13.3 Å². The average molecular weight is 260 g/mol. The van der Waals surface area contributed by atoms with Crippen LogP contribution in [0.25, 0.3) is 0 Å². The van der Waals surface area contributed by atoms with Crippen molar-refractivity contribution in [2.24, 2.45) is 0 Å². The first-order valence-electron chi connectivity index (χ1n) is 3.58. The quantitative estimate of drug-likeness (QED) is 0.558. The first-order valence-corrected chi connectivity index (χ1v) is 8.83. The maximum Gasteiger partial charge on any atom is 0.530 e.